The number of hydrogen-bond donors (Lipinski definition) is 1. The van der Waals surface area contributed by atoms with E-state index in [0.717, 1.165) is 40.3 Å². The van der Waals surface area contributed by atoms with Crippen LogP contribution in [0.2, 0.25) is 0 Å². The van der Waals surface area contributed by atoms with Gasteiger partial charge in [0.15, 0.2) is 0 Å². The molecule has 0 amide bonds. The van der Waals surface area contributed by atoms with Crippen molar-refractivity contribution in [3.63, 3.8) is 0 Å². The highest BCUT2D eigenvalue weighted by molar-refractivity contribution is 5.88. The molecule has 1 N–H and O–H groups in total. The van der Waals surface area contributed by atoms with E-state index in [9.17, 15) is 0 Å². The van der Waals surface area contributed by atoms with Gasteiger partial charge in [-0.1, -0.05) is 36.4 Å². The van der Waals surface area contributed by atoms with Crippen LogP contribution >= 0.6 is 0 Å². The van der Waals surface area contributed by atoms with Crippen LogP contribution in [0.4, 0.5) is 11.6 Å². The van der Waals surface area contributed by atoms with Crippen LogP contribution < -0.4 is 5.32 Å². The highest BCUT2D eigenvalue weighted by Gasteiger charge is 2.13. The van der Waals surface area contributed by atoms with Gasteiger partial charge in [-0.25, -0.2) is 9.97 Å². The summed E-state index contributed by atoms with van der Waals surface area (Å²) in [7, 11) is 0. The van der Waals surface area contributed by atoms with Gasteiger partial charge in [0.25, 0.3) is 0 Å². The standard InChI is InChI=1S/C24H19N5/c1-2-7-18(8-3-1)17-29-21(19-9-6-11-25-15-19)13-20-16-27-24(14-22(20)29)28-23-10-4-5-12-26-23/h1-16H,17H2,(H,26,27,28). The second-order valence-corrected chi connectivity index (χ2v) is 6.81. The van der Waals surface area contributed by atoms with Crippen molar-refractivity contribution in [1.29, 1.82) is 0 Å². The second-order valence-electron chi connectivity index (χ2n) is 6.81. The molecule has 0 bridgehead atoms. The van der Waals surface area contributed by atoms with Crippen LogP contribution in [0, 0.1) is 0 Å². The Balaban J connectivity index is 1.63. The number of fused-ring (bicyclic) bond motifs is 1. The summed E-state index contributed by atoms with van der Waals surface area (Å²) < 4.78 is 2.31. The molecule has 4 aromatic heterocycles. The maximum absolute atomic E-state index is 4.58. The molecule has 4 heterocycles. The van der Waals surface area contributed by atoms with E-state index in [1.807, 2.05) is 42.7 Å². The van der Waals surface area contributed by atoms with Crippen molar-refractivity contribution < 1.29 is 0 Å². The Kier molecular flexibility index (Phi) is 4.47. The van der Waals surface area contributed by atoms with Gasteiger partial charge in [-0.05, 0) is 35.9 Å². The Morgan fingerprint density at radius 3 is 2.45 bits per heavy atom. The monoisotopic (exact) mass is 377 g/mol. The van der Waals surface area contributed by atoms with Gasteiger partial charge < -0.3 is 9.88 Å². The molecule has 0 saturated carbocycles. The van der Waals surface area contributed by atoms with E-state index < -0.39 is 0 Å². The number of rotatable bonds is 5. The van der Waals surface area contributed by atoms with E-state index in [-0.39, 0.29) is 0 Å². The molecule has 0 unspecified atom stereocenters. The van der Waals surface area contributed by atoms with Gasteiger partial charge >= 0.3 is 0 Å². The fourth-order valence-electron chi connectivity index (χ4n) is 3.48. The normalized spacial score (nSPS) is 10.9. The van der Waals surface area contributed by atoms with Crippen molar-refractivity contribution in [2.45, 2.75) is 6.54 Å². The molecule has 0 aliphatic heterocycles. The zero-order chi connectivity index (χ0) is 19.5. The molecule has 5 aromatic rings. The number of aromatic nitrogens is 4. The Hall–Kier alpha value is -3.99. The Labute approximate surface area is 168 Å². The molecule has 1 aromatic carbocycles. The van der Waals surface area contributed by atoms with E-state index in [1.54, 1.807) is 12.4 Å². The highest BCUT2D eigenvalue weighted by Crippen LogP contribution is 2.30. The van der Waals surface area contributed by atoms with Gasteiger partial charge in [-0.2, -0.15) is 0 Å². The van der Waals surface area contributed by atoms with Crippen LogP contribution in [0.3, 0.4) is 0 Å². The van der Waals surface area contributed by atoms with Crippen molar-refractivity contribution in [1.82, 2.24) is 19.5 Å². The van der Waals surface area contributed by atoms with Gasteiger partial charge in [0.05, 0.1) is 11.2 Å². The van der Waals surface area contributed by atoms with Gasteiger partial charge in [0, 0.05) is 48.3 Å². The van der Waals surface area contributed by atoms with Gasteiger partial charge in [-0.3, -0.25) is 4.98 Å². The molecular formula is C24H19N5. The minimum Gasteiger partial charge on any atom is -0.336 e. The summed E-state index contributed by atoms with van der Waals surface area (Å²) >= 11 is 0. The molecule has 5 nitrogen and oxygen atoms in total. The minimum absolute atomic E-state index is 0.765. The largest absolute Gasteiger partial charge is 0.336 e. The lowest BCUT2D eigenvalue weighted by Crippen LogP contribution is -2.02. The molecular weight excluding hydrogens is 358 g/mol. The van der Waals surface area contributed by atoms with Crippen LogP contribution in [0.25, 0.3) is 22.2 Å². The molecule has 29 heavy (non-hydrogen) atoms. The maximum Gasteiger partial charge on any atom is 0.133 e. The molecule has 0 saturated heterocycles. The lowest BCUT2D eigenvalue weighted by atomic mass is 10.2. The first-order valence-corrected chi connectivity index (χ1v) is 9.48. The fraction of sp³-hybridized carbons (Fsp3) is 0.0417. The summed E-state index contributed by atoms with van der Waals surface area (Å²) in [6.45, 7) is 0.765. The quantitative estimate of drug-likeness (QED) is 0.452. The van der Waals surface area contributed by atoms with E-state index in [2.05, 4.69) is 67.3 Å². The fourth-order valence-corrected chi connectivity index (χ4v) is 3.48. The Bertz CT molecular complexity index is 1230. The second kappa shape index (κ2) is 7.56. The summed E-state index contributed by atoms with van der Waals surface area (Å²) in [4.78, 5) is 13.2. The number of benzene rings is 1. The predicted molar refractivity (Wildman–Crippen MR) is 116 cm³/mol. The van der Waals surface area contributed by atoms with E-state index >= 15 is 0 Å². The summed E-state index contributed by atoms with van der Waals surface area (Å²) in [6, 6.07) is 24.5. The minimum atomic E-state index is 0.765. The predicted octanol–water partition coefficient (Wildman–Crippen LogP) is 5.29. The Morgan fingerprint density at radius 2 is 1.66 bits per heavy atom. The van der Waals surface area contributed by atoms with E-state index in [1.165, 1.54) is 5.56 Å². The molecule has 0 fully saturated rings. The third kappa shape index (κ3) is 3.58. The van der Waals surface area contributed by atoms with Gasteiger partial charge in [0.2, 0.25) is 0 Å². The van der Waals surface area contributed by atoms with Crippen LogP contribution in [0.5, 0.6) is 0 Å². The summed E-state index contributed by atoms with van der Waals surface area (Å²) in [6.07, 6.45) is 7.36. The zero-order valence-corrected chi connectivity index (χ0v) is 15.7. The first kappa shape index (κ1) is 17.1. The van der Waals surface area contributed by atoms with Gasteiger partial charge in [-0.15, -0.1) is 0 Å². The first-order valence-electron chi connectivity index (χ1n) is 9.48. The lowest BCUT2D eigenvalue weighted by Gasteiger charge is -2.12. The van der Waals surface area contributed by atoms with E-state index in [0.29, 0.717) is 0 Å². The number of hydrogen-bond acceptors (Lipinski definition) is 4. The average Bonchev–Trinajstić information content (AvgIpc) is 3.13. The van der Waals surface area contributed by atoms with Crippen LogP contribution in [0.15, 0.2) is 97.6 Å². The van der Waals surface area contributed by atoms with Gasteiger partial charge in [0.1, 0.15) is 11.6 Å². The van der Waals surface area contributed by atoms with Crippen molar-refractivity contribution >= 4 is 22.5 Å². The number of pyridine rings is 3. The molecule has 0 atom stereocenters. The van der Waals surface area contributed by atoms with Crippen LogP contribution in [-0.4, -0.2) is 19.5 Å². The van der Waals surface area contributed by atoms with Crippen LogP contribution in [-0.2, 0) is 6.54 Å². The Morgan fingerprint density at radius 1 is 0.759 bits per heavy atom. The zero-order valence-electron chi connectivity index (χ0n) is 15.7. The number of anilines is 2. The highest BCUT2D eigenvalue weighted by atomic mass is 15.1. The van der Waals surface area contributed by atoms with Crippen LogP contribution in [0.1, 0.15) is 5.56 Å². The van der Waals surface area contributed by atoms with Crippen molar-refractivity contribution in [2.24, 2.45) is 0 Å². The molecule has 0 aliphatic carbocycles. The average molecular weight is 377 g/mol. The molecule has 5 heteroatoms. The SMILES string of the molecule is c1ccc(Cn2c(-c3cccnc3)cc3cnc(Nc4ccccn4)cc32)cc1. The van der Waals surface area contributed by atoms with E-state index in [4.69, 9.17) is 0 Å². The topological polar surface area (TPSA) is 55.6 Å². The summed E-state index contributed by atoms with van der Waals surface area (Å²) in [5.41, 5.74) is 4.56. The summed E-state index contributed by atoms with van der Waals surface area (Å²) in [5.74, 6) is 1.54. The van der Waals surface area contributed by atoms with Crippen molar-refractivity contribution in [2.75, 3.05) is 5.32 Å². The smallest absolute Gasteiger partial charge is 0.133 e. The number of nitrogens with one attached hydrogen (secondary N) is 1. The van der Waals surface area contributed by atoms with Crippen molar-refractivity contribution in [3.05, 3.63) is 103 Å². The molecule has 0 aliphatic rings. The maximum atomic E-state index is 4.58. The summed E-state index contributed by atoms with van der Waals surface area (Å²) in [5, 5.41) is 4.38. The molecule has 5 rings (SSSR count). The number of nitrogens with zero attached hydrogens (tertiary/aromatic N) is 4. The molecule has 0 radical (unpaired) electrons. The molecule has 0 spiro atoms. The first-order chi connectivity index (χ1) is 14.4. The lowest BCUT2D eigenvalue weighted by molar-refractivity contribution is 0.844. The third-order valence-corrected chi connectivity index (χ3v) is 4.85. The molecule has 140 valence electrons. The third-order valence-electron chi connectivity index (χ3n) is 4.85. The van der Waals surface area contributed by atoms with Crippen molar-refractivity contribution in [3.8, 4) is 11.3 Å².